The van der Waals surface area contributed by atoms with Crippen LogP contribution in [0.1, 0.15) is 28.2 Å². The summed E-state index contributed by atoms with van der Waals surface area (Å²) in [7, 11) is 1.68. The molecule has 32 heavy (non-hydrogen) atoms. The Hall–Kier alpha value is -2.90. The first-order valence-corrected chi connectivity index (χ1v) is 11.7. The SMILES string of the molecule is COc1ccc(N2CCN(C(c3cccs3)C(C)NC(=O)c3ccc(F)cc3)CC2)cc1. The number of anilines is 1. The lowest BCUT2D eigenvalue weighted by molar-refractivity contribution is 0.0890. The van der Waals surface area contributed by atoms with Gasteiger partial charge in [-0.25, -0.2) is 4.39 Å². The molecule has 1 fully saturated rings. The molecule has 0 radical (unpaired) electrons. The minimum absolute atomic E-state index is 0.0809. The van der Waals surface area contributed by atoms with E-state index in [1.165, 1.54) is 34.8 Å². The van der Waals surface area contributed by atoms with Gasteiger partial charge >= 0.3 is 0 Å². The Morgan fingerprint density at radius 2 is 1.72 bits per heavy atom. The van der Waals surface area contributed by atoms with Gasteiger partial charge in [-0.1, -0.05) is 6.07 Å². The second-order valence-corrected chi connectivity index (χ2v) is 8.93. The third-order valence-electron chi connectivity index (χ3n) is 5.92. The van der Waals surface area contributed by atoms with Crippen molar-refractivity contribution >= 4 is 22.9 Å². The fraction of sp³-hybridized carbons (Fsp3) is 0.320. The first kappa shape index (κ1) is 22.3. The van der Waals surface area contributed by atoms with Gasteiger partial charge < -0.3 is 15.0 Å². The van der Waals surface area contributed by atoms with E-state index in [4.69, 9.17) is 4.74 Å². The average molecular weight is 454 g/mol. The van der Waals surface area contributed by atoms with Crippen LogP contribution in [0.4, 0.5) is 10.1 Å². The lowest BCUT2D eigenvalue weighted by Gasteiger charge is -2.42. The van der Waals surface area contributed by atoms with E-state index in [0.29, 0.717) is 5.56 Å². The number of nitrogens with one attached hydrogen (secondary N) is 1. The van der Waals surface area contributed by atoms with Crippen LogP contribution in [-0.4, -0.2) is 50.1 Å². The molecular formula is C25H28FN3O2S. The van der Waals surface area contributed by atoms with E-state index >= 15 is 0 Å². The molecule has 5 nitrogen and oxygen atoms in total. The van der Waals surface area contributed by atoms with Crippen LogP contribution in [0.2, 0.25) is 0 Å². The molecule has 2 heterocycles. The number of piperazine rings is 1. The van der Waals surface area contributed by atoms with Gasteiger partial charge in [-0.2, -0.15) is 0 Å². The zero-order chi connectivity index (χ0) is 22.5. The van der Waals surface area contributed by atoms with Crippen LogP contribution < -0.4 is 15.0 Å². The number of hydrogen-bond donors (Lipinski definition) is 1. The van der Waals surface area contributed by atoms with E-state index in [1.54, 1.807) is 18.4 Å². The van der Waals surface area contributed by atoms with Crippen LogP contribution >= 0.6 is 11.3 Å². The fourth-order valence-corrected chi connectivity index (χ4v) is 5.19. The number of methoxy groups -OCH3 is 1. The quantitative estimate of drug-likeness (QED) is 0.569. The van der Waals surface area contributed by atoms with Crippen molar-refractivity contribution in [2.24, 2.45) is 0 Å². The van der Waals surface area contributed by atoms with Gasteiger partial charge in [0.05, 0.1) is 13.2 Å². The topological polar surface area (TPSA) is 44.8 Å². The minimum atomic E-state index is -0.346. The predicted molar refractivity (Wildman–Crippen MR) is 127 cm³/mol. The van der Waals surface area contributed by atoms with Crippen molar-refractivity contribution in [3.63, 3.8) is 0 Å². The molecule has 1 aromatic heterocycles. The second-order valence-electron chi connectivity index (χ2n) is 7.95. The Morgan fingerprint density at radius 3 is 2.31 bits per heavy atom. The number of benzene rings is 2. The Morgan fingerprint density at radius 1 is 1.03 bits per heavy atom. The maximum Gasteiger partial charge on any atom is 0.251 e. The molecule has 1 aliphatic heterocycles. The summed E-state index contributed by atoms with van der Waals surface area (Å²) in [5.74, 6) is 0.326. The number of carbonyl (C=O) groups excluding carboxylic acids is 1. The van der Waals surface area contributed by atoms with E-state index in [9.17, 15) is 9.18 Å². The number of rotatable bonds is 7. The maximum absolute atomic E-state index is 13.2. The van der Waals surface area contributed by atoms with Crippen molar-refractivity contribution in [3.05, 3.63) is 82.3 Å². The van der Waals surface area contributed by atoms with Crippen molar-refractivity contribution < 1.29 is 13.9 Å². The molecule has 2 unspecified atom stereocenters. The van der Waals surface area contributed by atoms with E-state index in [0.717, 1.165) is 31.9 Å². The second kappa shape index (κ2) is 10.1. The van der Waals surface area contributed by atoms with Crippen LogP contribution in [0.15, 0.2) is 66.0 Å². The smallest absolute Gasteiger partial charge is 0.251 e. The van der Waals surface area contributed by atoms with Crippen molar-refractivity contribution in [2.45, 2.75) is 19.0 Å². The highest BCUT2D eigenvalue weighted by molar-refractivity contribution is 7.10. The van der Waals surface area contributed by atoms with Crippen LogP contribution in [0, 0.1) is 5.82 Å². The van der Waals surface area contributed by atoms with Gasteiger partial charge in [0.15, 0.2) is 0 Å². The zero-order valence-electron chi connectivity index (χ0n) is 18.3. The maximum atomic E-state index is 13.2. The Bertz CT molecular complexity index is 1000. The number of thiophene rings is 1. The molecule has 0 saturated carbocycles. The van der Waals surface area contributed by atoms with Gasteiger partial charge in [0.1, 0.15) is 11.6 Å². The number of carbonyl (C=O) groups is 1. The van der Waals surface area contributed by atoms with Crippen molar-refractivity contribution in [3.8, 4) is 5.75 Å². The van der Waals surface area contributed by atoms with Crippen molar-refractivity contribution in [2.75, 3.05) is 38.2 Å². The number of ether oxygens (including phenoxy) is 1. The first-order chi connectivity index (χ1) is 15.5. The predicted octanol–water partition coefficient (Wildman–Crippen LogP) is 4.58. The molecule has 0 spiro atoms. The molecule has 0 bridgehead atoms. The zero-order valence-corrected chi connectivity index (χ0v) is 19.1. The first-order valence-electron chi connectivity index (χ1n) is 10.8. The summed E-state index contributed by atoms with van der Waals surface area (Å²) in [6.45, 7) is 5.65. The third-order valence-corrected chi connectivity index (χ3v) is 6.86. The van der Waals surface area contributed by atoms with Crippen molar-refractivity contribution in [1.82, 2.24) is 10.2 Å². The van der Waals surface area contributed by atoms with Gasteiger partial charge in [0.25, 0.3) is 5.91 Å². The summed E-state index contributed by atoms with van der Waals surface area (Å²) in [6.07, 6.45) is 0. The molecular weight excluding hydrogens is 425 g/mol. The largest absolute Gasteiger partial charge is 0.497 e. The molecule has 1 saturated heterocycles. The van der Waals surface area contributed by atoms with Gasteiger partial charge in [-0.3, -0.25) is 9.69 Å². The number of amides is 1. The van der Waals surface area contributed by atoms with Gasteiger partial charge in [0.2, 0.25) is 0 Å². The average Bonchev–Trinajstić information content (AvgIpc) is 3.34. The van der Waals surface area contributed by atoms with E-state index in [2.05, 4.69) is 44.8 Å². The molecule has 168 valence electrons. The summed E-state index contributed by atoms with van der Waals surface area (Å²) >= 11 is 1.71. The lowest BCUT2D eigenvalue weighted by Crippen LogP contribution is -2.52. The lowest BCUT2D eigenvalue weighted by atomic mass is 10.0. The van der Waals surface area contributed by atoms with Crippen molar-refractivity contribution in [1.29, 1.82) is 0 Å². The molecule has 2 aromatic carbocycles. The molecule has 1 aliphatic rings. The Labute approximate surface area is 192 Å². The summed E-state index contributed by atoms with van der Waals surface area (Å²) in [5.41, 5.74) is 1.66. The summed E-state index contributed by atoms with van der Waals surface area (Å²) in [5, 5.41) is 5.21. The summed E-state index contributed by atoms with van der Waals surface area (Å²) in [6, 6.07) is 18.0. The molecule has 3 aromatic rings. The highest BCUT2D eigenvalue weighted by atomic mass is 32.1. The molecule has 1 amide bonds. The fourth-order valence-electron chi connectivity index (χ4n) is 4.22. The molecule has 2 atom stereocenters. The minimum Gasteiger partial charge on any atom is -0.497 e. The van der Waals surface area contributed by atoms with Crippen LogP contribution in [0.25, 0.3) is 0 Å². The van der Waals surface area contributed by atoms with Crippen LogP contribution in [-0.2, 0) is 0 Å². The number of halogens is 1. The van der Waals surface area contributed by atoms with Crippen LogP contribution in [0.3, 0.4) is 0 Å². The standard InChI is InChI=1S/C25H28FN3O2S/c1-18(27-25(30)19-5-7-20(26)8-6-19)24(23-4-3-17-32-23)29-15-13-28(14-16-29)21-9-11-22(31-2)12-10-21/h3-12,17-18,24H,13-16H2,1-2H3,(H,27,30). The Kier molecular flexibility index (Phi) is 7.07. The molecule has 1 N–H and O–H groups in total. The highest BCUT2D eigenvalue weighted by Crippen LogP contribution is 2.30. The molecule has 0 aliphatic carbocycles. The van der Waals surface area contributed by atoms with E-state index in [-0.39, 0.29) is 23.8 Å². The highest BCUT2D eigenvalue weighted by Gasteiger charge is 2.31. The van der Waals surface area contributed by atoms with Gasteiger partial charge in [-0.05, 0) is 66.9 Å². The number of nitrogens with zero attached hydrogens (tertiary/aromatic N) is 2. The molecule has 4 rings (SSSR count). The van der Waals surface area contributed by atoms with E-state index < -0.39 is 0 Å². The van der Waals surface area contributed by atoms with Gasteiger partial charge in [-0.15, -0.1) is 11.3 Å². The number of hydrogen-bond acceptors (Lipinski definition) is 5. The monoisotopic (exact) mass is 453 g/mol. The summed E-state index contributed by atoms with van der Waals surface area (Å²) in [4.78, 5) is 18.8. The van der Waals surface area contributed by atoms with Crippen LogP contribution in [0.5, 0.6) is 5.75 Å². The normalized spacial score (nSPS) is 16.4. The molecule has 7 heteroatoms. The third kappa shape index (κ3) is 5.11. The van der Waals surface area contributed by atoms with E-state index in [1.807, 2.05) is 19.1 Å². The summed E-state index contributed by atoms with van der Waals surface area (Å²) < 4.78 is 18.5. The Balaban J connectivity index is 1.44. The van der Waals surface area contributed by atoms with Gasteiger partial charge in [0, 0.05) is 48.3 Å².